The fourth-order valence-electron chi connectivity index (χ4n) is 2.19. The zero-order chi connectivity index (χ0) is 13.2. The first-order valence-corrected chi connectivity index (χ1v) is 7.70. The molecule has 1 atom stereocenters. The Bertz CT molecular complexity index is 503. The summed E-state index contributed by atoms with van der Waals surface area (Å²) in [6.45, 7) is 3.26. The Morgan fingerprint density at radius 3 is 2.94 bits per heavy atom. The summed E-state index contributed by atoms with van der Waals surface area (Å²) in [6, 6.07) is 0.447. The molecule has 1 fully saturated rings. The van der Waals surface area contributed by atoms with Crippen LogP contribution in [0.25, 0.3) is 0 Å². The lowest BCUT2D eigenvalue weighted by atomic mass is 10.2. The Kier molecular flexibility index (Phi) is 4.04. The minimum atomic E-state index is -3.42. The van der Waals surface area contributed by atoms with Gasteiger partial charge < -0.3 is 5.32 Å². The molecule has 1 saturated heterocycles. The van der Waals surface area contributed by atoms with Crippen LogP contribution in [-0.4, -0.2) is 37.3 Å². The van der Waals surface area contributed by atoms with Crippen molar-refractivity contribution in [1.29, 1.82) is 0 Å². The van der Waals surface area contributed by atoms with Crippen LogP contribution in [-0.2, 0) is 17.1 Å². The van der Waals surface area contributed by atoms with Gasteiger partial charge in [0.25, 0.3) is 0 Å². The third-order valence-corrected chi connectivity index (χ3v) is 4.99. The van der Waals surface area contributed by atoms with Crippen molar-refractivity contribution in [1.82, 2.24) is 19.8 Å². The Hall–Kier alpha value is -0.920. The Morgan fingerprint density at radius 2 is 2.39 bits per heavy atom. The summed E-state index contributed by atoms with van der Waals surface area (Å²) in [5.74, 6) is 0. The maximum absolute atomic E-state index is 12.1. The van der Waals surface area contributed by atoms with Gasteiger partial charge in [0.1, 0.15) is 4.90 Å². The Morgan fingerprint density at radius 1 is 1.61 bits per heavy atom. The van der Waals surface area contributed by atoms with Gasteiger partial charge in [0, 0.05) is 19.6 Å². The average Bonchev–Trinajstić information content (AvgIpc) is 2.91. The molecule has 0 unspecified atom stereocenters. The van der Waals surface area contributed by atoms with E-state index in [2.05, 4.69) is 15.1 Å². The molecular weight excluding hydrogens is 252 g/mol. The molecule has 2 N–H and O–H groups in total. The zero-order valence-electron chi connectivity index (χ0n) is 10.8. The number of aromatic nitrogens is 2. The second-order valence-corrected chi connectivity index (χ2v) is 6.43. The van der Waals surface area contributed by atoms with E-state index in [0.29, 0.717) is 18.3 Å². The lowest BCUT2D eigenvalue weighted by Crippen LogP contribution is -2.30. The molecule has 1 aromatic heterocycles. The molecule has 0 amide bonds. The summed E-state index contributed by atoms with van der Waals surface area (Å²) in [5, 5.41) is 7.30. The molecule has 0 spiro atoms. The van der Waals surface area contributed by atoms with Gasteiger partial charge in [0.05, 0.1) is 11.9 Å². The molecule has 0 aliphatic carbocycles. The van der Waals surface area contributed by atoms with E-state index in [9.17, 15) is 8.42 Å². The quantitative estimate of drug-likeness (QED) is 0.800. The highest BCUT2D eigenvalue weighted by molar-refractivity contribution is 7.89. The molecular formula is C11H20N4O2S. The number of sulfonamides is 1. The second-order valence-electron chi connectivity index (χ2n) is 4.70. The summed E-state index contributed by atoms with van der Waals surface area (Å²) in [4.78, 5) is 0.268. The van der Waals surface area contributed by atoms with E-state index >= 15 is 0 Å². The van der Waals surface area contributed by atoms with Gasteiger partial charge in [-0.05, 0) is 32.7 Å². The van der Waals surface area contributed by atoms with Crippen LogP contribution in [0.15, 0.2) is 11.1 Å². The third-order valence-electron chi connectivity index (χ3n) is 3.43. The van der Waals surface area contributed by atoms with Gasteiger partial charge in [-0.1, -0.05) is 0 Å². The summed E-state index contributed by atoms with van der Waals surface area (Å²) in [6.07, 6.45) is 4.54. The number of hydrogen-bond donors (Lipinski definition) is 2. The topological polar surface area (TPSA) is 76.0 Å². The molecule has 7 heteroatoms. The lowest BCUT2D eigenvalue weighted by molar-refractivity contribution is 0.539. The normalized spacial score (nSPS) is 20.4. The van der Waals surface area contributed by atoms with E-state index in [1.54, 1.807) is 18.7 Å². The summed E-state index contributed by atoms with van der Waals surface area (Å²) < 4.78 is 28.3. The first-order chi connectivity index (χ1) is 8.50. The molecule has 0 bridgehead atoms. The van der Waals surface area contributed by atoms with Gasteiger partial charge in [-0.2, -0.15) is 5.10 Å². The highest BCUT2D eigenvalue weighted by Crippen LogP contribution is 2.13. The van der Waals surface area contributed by atoms with Gasteiger partial charge in [-0.25, -0.2) is 13.1 Å². The van der Waals surface area contributed by atoms with Crippen LogP contribution in [0.4, 0.5) is 0 Å². The highest BCUT2D eigenvalue weighted by Gasteiger charge is 2.20. The Labute approximate surface area is 108 Å². The predicted molar refractivity (Wildman–Crippen MR) is 68.8 cm³/mol. The standard InChI is InChI=1S/C11H20N4O2S/c1-9-11(8-13-15(9)2)18(16,17)14-7-5-10-4-3-6-12-10/h8,10,12,14H,3-7H2,1-2H3/t10-/m1/s1. The van der Waals surface area contributed by atoms with Crippen molar-refractivity contribution < 1.29 is 8.42 Å². The van der Waals surface area contributed by atoms with Gasteiger partial charge in [0.2, 0.25) is 10.0 Å². The van der Waals surface area contributed by atoms with Crippen molar-refractivity contribution >= 4 is 10.0 Å². The van der Waals surface area contributed by atoms with Gasteiger partial charge >= 0.3 is 0 Å². The predicted octanol–water partition coefficient (Wildman–Crippen LogP) is 0.149. The molecule has 0 saturated carbocycles. The van der Waals surface area contributed by atoms with Gasteiger partial charge in [-0.15, -0.1) is 0 Å². The van der Waals surface area contributed by atoms with Crippen LogP contribution in [0, 0.1) is 6.92 Å². The molecule has 0 aromatic carbocycles. The van der Waals surface area contributed by atoms with Crippen molar-refractivity contribution in [2.24, 2.45) is 7.05 Å². The van der Waals surface area contributed by atoms with E-state index in [0.717, 1.165) is 19.4 Å². The molecule has 2 rings (SSSR count). The Balaban J connectivity index is 1.93. The minimum Gasteiger partial charge on any atom is -0.314 e. The molecule has 2 heterocycles. The fraction of sp³-hybridized carbons (Fsp3) is 0.727. The van der Waals surface area contributed by atoms with Crippen LogP contribution < -0.4 is 10.0 Å². The summed E-state index contributed by atoms with van der Waals surface area (Å²) in [7, 11) is -1.69. The van der Waals surface area contributed by atoms with Gasteiger partial charge in [0.15, 0.2) is 0 Å². The van der Waals surface area contributed by atoms with E-state index in [-0.39, 0.29) is 4.90 Å². The van der Waals surface area contributed by atoms with Crippen molar-refractivity contribution in [3.63, 3.8) is 0 Å². The van der Waals surface area contributed by atoms with Crippen molar-refractivity contribution in [2.45, 2.75) is 37.1 Å². The van der Waals surface area contributed by atoms with Crippen LogP contribution in [0.2, 0.25) is 0 Å². The maximum atomic E-state index is 12.1. The monoisotopic (exact) mass is 272 g/mol. The first kappa shape index (κ1) is 13.5. The number of nitrogens with zero attached hydrogens (tertiary/aromatic N) is 2. The summed E-state index contributed by atoms with van der Waals surface area (Å²) in [5.41, 5.74) is 0.654. The number of hydrogen-bond acceptors (Lipinski definition) is 4. The number of aryl methyl sites for hydroxylation is 1. The SMILES string of the molecule is Cc1c(S(=O)(=O)NCC[C@H]2CCCN2)cnn1C. The molecule has 0 radical (unpaired) electrons. The first-order valence-electron chi connectivity index (χ1n) is 6.22. The van der Waals surface area contributed by atoms with Crippen LogP contribution in [0.1, 0.15) is 25.0 Å². The van der Waals surface area contributed by atoms with E-state index in [1.807, 2.05) is 0 Å². The van der Waals surface area contributed by atoms with E-state index < -0.39 is 10.0 Å². The minimum absolute atomic E-state index is 0.268. The van der Waals surface area contributed by atoms with E-state index in [1.165, 1.54) is 12.6 Å². The third kappa shape index (κ3) is 2.90. The lowest BCUT2D eigenvalue weighted by Gasteiger charge is -2.10. The largest absolute Gasteiger partial charge is 0.314 e. The smallest absolute Gasteiger partial charge is 0.243 e. The van der Waals surface area contributed by atoms with Crippen LogP contribution >= 0.6 is 0 Å². The van der Waals surface area contributed by atoms with Crippen LogP contribution in [0.5, 0.6) is 0 Å². The second kappa shape index (κ2) is 5.38. The van der Waals surface area contributed by atoms with Crippen molar-refractivity contribution in [3.05, 3.63) is 11.9 Å². The molecule has 1 aliphatic rings. The maximum Gasteiger partial charge on any atom is 0.243 e. The van der Waals surface area contributed by atoms with E-state index in [4.69, 9.17) is 0 Å². The molecule has 102 valence electrons. The molecule has 6 nitrogen and oxygen atoms in total. The van der Waals surface area contributed by atoms with Gasteiger partial charge in [-0.3, -0.25) is 4.68 Å². The number of nitrogens with one attached hydrogen (secondary N) is 2. The molecule has 1 aromatic rings. The van der Waals surface area contributed by atoms with Crippen LogP contribution in [0.3, 0.4) is 0 Å². The fourth-order valence-corrected chi connectivity index (χ4v) is 3.44. The highest BCUT2D eigenvalue weighted by atomic mass is 32.2. The van der Waals surface area contributed by atoms with Crippen molar-refractivity contribution in [3.8, 4) is 0 Å². The summed E-state index contributed by atoms with van der Waals surface area (Å²) >= 11 is 0. The molecule has 18 heavy (non-hydrogen) atoms. The zero-order valence-corrected chi connectivity index (χ0v) is 11.6. The molecule has 1 aliphatic heterocycles. The average molecular weight is 272 g/mol. The van der Waals surface area contributed by atoms with Crippen molar-refractivity contribution in [2.75, 3.05) is 13.1 Å². The number of rotatable bonds is 5.